The number of nitrogens with one attached hydrogen (secondary N) is 1. The van der Waals surface area contributed by atoms with Gasteiger partial charge in [-0.05, 0) is 25.0 Å². The van der Waals surface area contributed by atoms with E-state index in [0.717, 1.165) is 0 Å². The molecule has 0 spiro atoms. The van der Waals surface area contributed by atoms with Crippen LogP contribution in [-0.2, 0) is 4.79 Å². The van der Waals surface area contributed by atoms with Gasteiger partial charge in [0.15, 0.2) is 0 Å². The van der Waals surface area contributed by atoms with Crippen LogP contribution in [0.5, 0.6) is 0 Å². The molecular weight excluding hydrogens is 246 g/mol. The zero-order chi connectivity index (χ0) is 13.5. The van der Waals surface area contributed by atoms with Crippen molar-refractivity contribution in [3.8, 4) is 0 Å². The largest absolute Gasteiger partial charge is 0.481 e. The number of aliphatic carboxylic acids is 1. The summed E-state index contributed by atoms with van der Waals surface area (Å²) < 4.78 is 1.75. The third-order valence-electron chi connectivity index (χ3n) is 3.49. The summed E-state index contributed by atoms with van der Waals surface area (Å²) in [7, 11) is 0. The topological polar surface area (TPSA) is 83.7 Å². The molecule has 2 aromatic heterocycles. The Balaban J connectivity index is 1.72. The van der Waals surface area contributed by atoms with E-state index in [9.17, 15) is 9.59 Å². The smallest absolute Gasteiger partial charge is 0.311 e. The molecule has 2 N–H and O–H groups in total. The van der Waals surface area contributed by atoms with E-state index in [1.165, 1.54) is 0 Å². The zero-order valence-electron chi connectivity index (χ0n) is 10.2. The van der Waals surface area contributed by atoms with E-state index in [-0.39, 0.29) is 12.5 Å². The standard InChI is InChI=1S/C13H13N3O3/c17-11(14-8-13(4-5-13)12(18)19)9-7-16-6-2-1-3-10(16)15-9/h1-3,6-7H,4-5,8H2,(H,14,17)(H,18,19). The Bertz CT molecular complexity index is 625. The van der Waals surface area contributed by atoms with Crippen molar-refractivity contribution in [1.29, 1.82) is 0 Å². The van der Waals surface area contributed by atoms with Crippen LogP contribution in [0.3, 0.4) is 0 Å². The second kappa shape index (κ2) is 4.08. The highest BCUT2D eigenvalue weighted by atomic mass is 16.4. The van der Waals surface area contributed by atoms with Gasteiger partial charge in [-0.15, -0.1) is 0 Å². The number of nitrogens with zero attached hydrogens (tertiary/aromatic N) is 2. The van der Waals surface area contributed by atoms with Crippen molar-refractivity contribution in [3.63, 3.8) is 0 Å². The summed E-state index contributed by atoms with van der Waals surface area (Å²) in [5.74, 6) is -1.18. The molecule has 2 aromatic rings. The van der Waals surface area contributed by atoms with Crippen LogP contribution in [0.1, 0.15) is 23.3 Å². The molecule has 0 atom stereocenters. The van der Waals surface area contributed by atoms with E-state index in [1.807, 2.05) is 12.1 Å². The average molecular weight is 259 g/mol. The normalized spacial score (nSPS) is 16.2. The first-order valence-electron chi connectivity index (χ1n) is 6.06. The molecule has 6 heteroatoms. The minimum absolute atomic E-state index is 0.162. The number of carbonyl (C=O) groups is 2. The molecule has 3 rings (SSSR count). The molecule has 1 aliphatic rings. The zero-order valence-corrected chi connectivity index (χ0v) is 10.2. The van der Waals surface area contributed by atoms with Crippen molar-refractivity contribution < 1.29 is 14.7 Å². The van der Waals surface area contributed by atoms with Gasteiger partial charge >= 0.3 is 5.97 Å². The van der Waals surface area contributed by atoms with E-state index in [1.54, 1.807) is 22.9 Å². The van der Waals surface area contributed by atoms with Crippen LogP contribution in [0, 0.1) is 5.41 Å². The van der Waals surface area contributed by atoms with Gasteiger partial charge < -0.3 is 14.8 Å². The van der Waals surface area contributed by atoms with Crippen LogP contribution < -0.4 is 5.32 Å². The van der Waals surface area contributed by atoms with Crippen LogP contribution in [0.15, 0.2) is 30.6 Å². The molecule has 6 nitrogen and oxygen atoms in total. The molecule has 0 aromatic carbocycles. The maximum atomic E-state index is 11.9. The number of pyridine rings is 1. The van der Waals surface area contributed by atoms with Gasteiger partial charge in [-0.2, -0.15) is 0 Å². The number of rotatable bonds is 4. The molecular formula is C13H13N3O3. The molecule has 1 saturated carbocycles. The highest BCUT2D eigenvalue weighted by Gasteiger charge is 2.50. The highest BCUT2D eigenvalue weighted by Crippen LogP contribution is 2.45. The number of hydrogen-bond acceptors (Lipinski definition) is 3. The Morgan fingerprint density at radius 2 is 2.21 bits per heavy atom. The number of carboxylic acid groups (broad SMARTS) is 1. The van der Waals surface area contributed by atoms with Gasteiger partial charge in [-0.3, -0.25) is 9.59 Å². The van der Waals surface area contributed by atoms with Gasteiger partial charge in [0.25, 0.3) is 5.91 Å². The number of fused-ring (bicyclic) bond motifs is 1. The first-order chi connectivity index (χ1) is 9.11. The maximum Gasteiger partial charge on any atom is 0.311 e. The Labute approximate surface area is 109 Å². The van der Waals surface area contributed by atoms with E-state index in [2.05, 4.69) is 10.3 Å². The molecule has 1 aliphatic carbocycles. The van der Waals surface area contributed by atoms with Gasteiger partial charge in [-0.25, -0.2) is 4.98 Å². The number of aromatic nitrogens is 2. The van der Waals surface area contributed by atoms with Crippen molar-refractivity contribution >= 4 is 17.5 Å². The molecule has 0 saturated heterocycles. The van der Waals surface area contributed by atoms with Gasteiger partial charge in [0.2, 0.25) is 0 Å². The molecule has 1 amide bonds. The van der Waals surface area contributed by atoms with Crippen molar-refractivity contribution in [2.75, 3.05) is 6.54 Å². The molecule has 0 bridgehead atoms. The summed E-state index contributed by atoms with van der Waals surface area (Å²) in [5, 5.41) is 11.7. The lowest BCUT2D eigenvalue weighted by Crippen LogP contribution is -2.34. The highest BCUT2D eigenvalue weighted by molar-refractivity contribution is 5.93. The fraction of sp³-hybridized carbons (Fsp3) is 0.308. The first-order valence-corrected chi connectivity index (χ1v) is 6.06. The minimum Gasteiger partial charge on any atom is -0.481 e. The lowest BCUT2D eigenvalue weighted by molar-refractivity contribution is -0.143. The molecule has 98 valence electrons. The van der Waals surface area contributed by atoms with Crippen LogP contribution in [-0.4, -0.2) is 32.9 Å². The van der Waals surface area contributed by atoms with E-state index in [4.69, 9.17) is 5.11 Å². The van der Waals surface area contributed by atoms with Gasteiger partial charge in [-0.1, -0.05) is 6.07 Å². The molecule has 2 heterocycles. The maximum absolute atomic E-state index is 11.9. The average Bonchev–Trinajstić information content (AvgIpc) is 3.07. The van der Waals surface area contributed by atoms with E-state index >= 15 is 0 Å². The Hall–Kier alpha value is -2.37. The Kier molecular flexibility index (Phi) is 2.51. The van der Waals surface area contributed by atoms with Crippen molar-refractivity contribution in [2.24, 2.45) is 5.41 Å². The Morgan fingerprint density at radius 3 is 2.84 bits per heavy atom. The van der Waals surface area contributed by atoms with Crippen LogP contribution in [0.4, 0.5) is 0 Å². The fourth-order valence-corrected chi connectivity index (χ4v) is 2.00. The first kappa shape index (κ1) is 11.7. The molecule has 0 unspecified atom stereocenters. The summed E-state index contributed by atoms with van der Waals surface area (Å²) >= 11 is 0. The number of hydrogen-bond donors (Lipinski definition) is 2. The number of carbonyl (C=O) groups excluding carboxylic acids is 1. The van der Waals surface area contributed by atoms with Gasteiger partial charge in [0, 0.05) is 18.9 Å². The Morgan fingerprint density at radius 1 is 1.42 bits per heavy atom. The van der Waals surface area contributed by atoms with Crippen molar-refractivity contribution in [2.45, 2.75) is 12.8 Å². The number of amides is 1. The lowest BCUT2D eigenvalue weighted by atomic mass is 10.1. The van der Waals surface area contributed by atoms with Crippen molar-refractivity contribution in [3.05, 3.63) is 36.3 Å². The predicted molar refractivity (Wildman–Crippen MR) is 66.8 cm³/mol. The van der Waals surface area contributed by atoms with E-state index < -0.39 is 11.4 Å². The predicted octanol–water partition coefficient (Wildman–Crippen LogP) is 0.929. The van der Waals surface area contributed by atoms with Crippen LogP contribution >= 0.6 is 0 Å². The third kappa shape index (κ3) is 2.05. The summed E-state index contributed by atoms with van der Waals surface area (Å²) in [6.07, 6.45) is 4.67. The van der Waals surface area contributed by atoms with Crippen LogP contribution in [0.2, 0.25) is 0 Å². The monoisotopic (exact) mass is 259 g/mol. The SMILES string of the molecule is O=C(NCC1(C(=O)O)CC1)c1cn2ccccc2n1. The van der Waals surface area contributed by atoms with E-state index in [0.29, 0.717) is 24.2 Å². The summed E-state index contributed by atoms with van der Waals surface area (Å²) in [6, 6.07) is 5.49. The van der Waals surface area contributed by atoms with Gasteiger partial charge in [0.1, 0.15) is 11.3 Å². The van der Waals surface area contributed by atoms with Gasteiger partial charge in [0.05, 0.1) is 5.41 Å². The second-order valence-corrected chi connectivity index (χ2v) is 4.86. The molecule has 0 radical (unpaired) electrons. The molecule has 19 heavy (non-hydrogen) atoms. The lowest BCUT2D eigenvalue weighted by Gasteiger charge is -2.09. The van der Waals surface area contributed by atoms with Crippen LogP contribution in [0.25, 0.3) is 5.65 Å². The third-order valence-corrected chi connectivity index (χ3v) is 3.49. The quantitative estimate of drug-likeness (QED) is 0.855. The summed E-state index contributed by atoms with van der Waals surface area (Å²) in [6.45, 7) is 0.162. The summed E-state index contributed by atoms with van der Waals surface area (Å²) in [5.41, 5.74) is 0.230. The fourth-order valence-electron chi connectivity index (χ4n) is 2.00. The number of imidazole rings is 1. The van der Waals surface area contributed by atoms with Crippen molar-refractivity contribution in [1.82, 2.24) is 14.7 Å². The minimum atomic E-state index is -0.845. The second-order valence-electron chi connectivity index (χ2n) is 4.86. The molecule has 1 fully saturated rings. The number of carboxylic acids is 1. The summed E-state index contributed by atoms with van der Waals surface area (Å²) in [4.78, 5) is 27.1. The molecule has 0 aliphatic heterocycles.